The molecule has 0 unspecified atom stereocenters. The summed E-state index contributed by atoms with van der Waals surface area (Å²) in [6.07, 6.45) is 1.68. The highest BCUT2D eigenvalue weighted by Gasteiger charge is 2.20. The van der Waals surface area contributed by atoms with Gasteiger partial charge < -0.3 is 14.0 Å². The molecular formula is C15H18N2O5. The van der Waals surface area contributed by atoms with E-state index >= 15 is 0 Å². The van der Waals surface area contributed by atoms with Gasteiger partial charge in [0.25, 0.3) is 11.2 Å². The molecule has 1 aromatic heterocycles. The fourth-order valence-electron chi connectivity index (χ4n) is 2.42. The molecule has 0 N–H and O–H groups in total. The van der Waals surface area contributed by atoms with Crippen molar-refractivity contribution in [2.45, 2.75) is 26.3 Å². The van der Waals surface area contributed by atoms with E-state index in [0.717, 1.165) is 12.8 Å². The lowest BCUT2D eigenvalue weighted by Crippen LogP contribution is -2.23. The Bertz CT molecular complexity index is 767. The molecule has 0 spiro atoms. The van der Waals surface area contributed by atoms with Crippen LogP contribution in [0.2, 0.25) is 0 Å². The number of non-ortho nitro benzene ring substituents is 1. The van der Waals surface area contributed by atoms with Gasteiger partial charge >= 0.3 is 0 Å². The summed E-state index contributed by atoms with van der Waals surface area (Å²) >= 11 is 0. The highest BCUT2D eigenvalue weighted by atomic mass is 16.6. The molecule has 2 rings (SSSR count). The Labute approximate surface area is 127 Å². The van der Waals surface area contributed by atoms with Gasteiger partial charge in [0.1, 0.15) is 0 Å². The summed E-state index contributed by atoms with van der Waals surface area (Å²) in [5.74, 6) is 0.408. The first-order valence-electron chi connectivity index (χ1n) is 6.98. The van der Waals surface area contributed by atoms with Gasteiger partial charge in [-0.15, -0.1) is 0 Å². The van der Waals surface area contributed by atoms with Gasteiger partial charge in [0, 0.05) is 24.1 Å². The number of nitro groups is 1. The second-order valence-electron chi connectivity index (χ2n) is 4.84. The van der Waals surface area contributed by atoms with E-state index in [1.807, 2.05) is 6.92 Å². The Morgan fingerprint density at radius 1 is 1.23 bits per heavy atom. The summed E-state index contributed by atoms with van der Waals surface area (Å²) < 4.78 is 12.0. The van der Waals surface area contributed by atoms with Crippen molar-refractivity contribution in [3.8, 4) is 11.5 Å². The molecule has 0 aliphatic carbocycles. The van der Waals surface area contributed by atoms with Crippen LogP contribution in [0.1, 0.15) is 19.8 Å². The normalized spacial score (nSPS) is 10.7. The van der Waals surface area contributed by atoms with Crippen LogP contribution in [0, 0.1) is 10.1 Å². The number of nitro benzene ring substituents is 1. The largest absolute Gasteiger partial charge is 0.492 e. The van der Waals surface area contributed by atoms with Crippen molar-refractivity contribution in [1.82, 2.24) is 4.57 Å². The van der Waals surface area contributed by atoms with E-state index in [1.165, 1.54) is 30.9 Å². The van der Waals surface area contributed by atoms with Gasteiger partial charge in [-0.05, 0) is 12.5 Å². The zero-order valence-electron chi connectivity index (χ0n) is 12.8. The standard InChI is InChI=1S/C15H18N2O5/c1-4-5-8-16-12-9-10(17(19)20)6-7-11(12)13(21-2)14(22-3)15(16)18/h6-7,9H,4-5,8H2,1-3H3. The average Bonchev–Trinajstić information content (AvgIpc) is 2.52. The molecule has 1 aromatic carbocycles. The average molecular weight is 306 g/mol. The van der Waals surface area contributed by atoms with Crippen LogP contribution in [-0.4, -0.2) is 23.7 Å². The highest BCUT2D eigenvalue weighted by molar-refractivity contribution is 5.89. The number of pyridine rings is 1. The van der Waals surface area contributed by atoms with Crippen molar-refractivity contribution in [3.63, 3.8) is 0 Å². The number of unbranched alkanes of at least 4 members (excludes halogenated alkanes) is 1. The molecule has 0 amide bonds. The molecule has 0 atom stereocenters. The van der Waals surface area contributed by atoms with Gasteiger partial charge in [-0.3, -0.25) is 14.9 Å². The monoisotopic (exact) mass is 306 g/mol. The van der Waals surface area contributed by atoms with E-state index in [0.29, 0.717) is 23.2 Å². The number of nitrogens with zero attached hydrogens (tertiary/aromatic N) is 2. The van der Waals surface area contributed by atoms with Crippen molar-refractivity contribution < 1.29 is 14.4 Å². The molecule has 2 aromatic rings. The molecule has 22 heavy (non-hydrogen) atoms. The predicted octanol–water partition coefficient (Wildman–Crippen LogP) is 2.73. The first-order chi connectivity index (χ1) is 10.5. The third-order valence-electron chi connectivity index (χ3n) is 3.52. The van der Waals surface area contributed by atoms with Crippen molar-refractivity contribution >= 4 is 16.6 Å². The number of hydrogen-bond acceptors (Lipinski definition) is 5. The van der Waals surface area contributed by atoms with Crippen molar-refractivity contribution in [2.75, 3.05) is 14.2 Å². The van der Waals surface area contributed by atoms with Crippen LogP contribution in [0.25, 0.3) is 10.9 Å². The van der Waals surface area contributed by atoms with Gasteiger partial charge in [-0.25, -0.2) is 0 Å². The van der Waals surface area contributed by atoms with Crippen molar-refractivity contribution in [2.24, 2.45) is 0 Å². The number of aryl methyl sites for hydroxylation is 1. The van der Waals surface area contributed by atoms with E-state index in [1.54, 1.807) is 6.07 Å². The molecule has 0 aliphatic rings. The minimum atomic E-state index is -0.481. The number of methoxy groups -OCH3 is 2. The lowest BCUT2D eigenvalue weighted by molar-refractivity contribution is -0.384. The molecule has 0 saturated carbocycles. The highest BCUT2D eigenvalue weighted by Crippen LogP contribution is 2.34. The molecule has 0 radical (unpaired) electrons. The van der Waals surface area contributed by atoms with E-state index in [2.05, 4.69) is 0 Å². The SMILES string of the molecule is CCCCn1c(=O)c(OC)c(OC)c2ccc([N+](=O)[O-])cc21. The zero-order chi connectivity index (χ0) is 16.3. The third-order valence-corrected chi connectivity index (χ3v) is 3.52. The van der Waals surface area contributed by atoms with Crippen molar-refractivity contribution in [3.05, 3.63) is 38.7 Å². The van der Waals surface area contributed by atoms with Crippen LogP contribution in [-0.2, 0) is 6.54 Å². The van der Waals surface area contributed by atoms with Gasteiger partial charge in [-0.2, -0.15) is 0 Å². The Morgan fingerprint density at radius 2 is 1.91 bits per heavy atom. The smallest absolute Gasteiger partial charge is 0.297 e. The minimum absolute atomic E-state index is 0.0654. The summed E-state index contributed by atoms with van der Waals surface area (Å²) in [5, 5.41) is 11.6. The van der Waals surface area contributed by atoms with E-state index in [4.69, 9.17) is 9.47 Å². The van der Waals surface area contributed by atoms with Crippen LogP contribution >= 0.6 is 0 Å². The third kappa shape index (κ3) is 2.61. The number of fused-ring (bicyclic) bond motifs is 1. The summed E-state index contributed by atoms with van der Waals surface area (Å²) in [5.41, 5.74) is 0.0652. The molecule has 118 valence electrons. The molecule has 0 aliphatic heterocycles. The number of benzene rings is 1. The summed E-state index contributed by atoms with van der Waals surface area (Å²) in [7, 11) is 2.84. The first-order valence-corrected chi connectivity index (χ1v) is 6.98. The van der Waals surface area contributed by atoms with Crippen molar-refractivity contribution in [1.29, 1.82) is 0 Å². The molecule has 7 heteroatoms. The maximum atomic E-state index is 12.6. The second kappa shape index (κ2) is 6.46. The lowest BCUT2D eigenvalue weighted by Gasteiger charge is -2.15. The molecule has 1 heterocycles. The fraction of sp³-hybridized carbons (Fsp3) is 0.400. The number of hydrogen-bond donors (Lipinski definition) is 0. The van der Waals surface area contributed by atoms with E-state index < -0.39 is 4.92 Å². The van der Waals surface area contributed by atoms with E-state index in [9.17, 15) is 14.9 Å². The maximum absolute atomic E-state index is 12.6. The molecule has 0 bridgehead atoms. The first kappa shape index (κ1) is 15.8. The number of aromatic nitrogens is 1. The Hall–Kier alpha value is -2.57. The predicted molar refractivity (Wildman–Crippen MR) is 82.9 cm³/mol. The van der Waals surface area contributed by atoms with Crippen LogP contribution < -0.4 is 15.0 Å². The summed E-state index contributed by atoms with van der Waals surface area (Å²) in [4.78, 5) is 23.1. The number of rotatable bonds is 6. The number of ether oxygens (including phenoxy) is 2. The Kier molecular flexibility index (Phi) is 4.65. The molecular weight excluding hydrogens is 288 g/mol. The summed E-state index contributed by atoms with van der Waals surface area (Å²) in [6, 6.07) is 4.37. The molecule has 7 nitrogen and oxygen atoms in total. The minimum Gasteiger partial charge on any atom is -0.492 e. The van der Waals surface area contributed by atoms with Crippen LogP contribution in [0.15, 0.2) is 23.0 Å². The van der Waals surface area contributed by atoms with Gasteiger partial charge in [-0.1, -0.05) is 13.3 Å². The zero-order valence-corrected chi connectivity index (χ0v) is 12.8. The van der Waals surface area contributed by atoms with Gasteiger partial charge in [0.2, 0.25) is 5.75 Å². The van der Waals surface area contributed by atoms with E-state index in [-0.39, 0.29) is 17.0 Å². The lowest BCUT2D eigenvalue weighted by atomic mass is 10.1. The van der Waals surface area contributed by atoms with Crippen LogP contribution in [0.3, 0.4) is 0 Å². The van der Waals surface area contributed by atoms with Gasteiger partial charge in [0.15, 0.2) is 5.75 Å². The Balaban J connectivity index is 2.86. The molecule has 0 fully saturated rings. The van der Waals surface area contributed by atoms with Crippen LogP contribution in [0.5, 0.6) is 11.5 Å². The topological polar surface area (TPSA) is 83.6 Å². The van der Waals surface area contributed by atoms with Gasteiger partial charge in [0.05, 0.1) is 24.7 Å². The Morgan fingerprint density at radius 3 is 2.45 bits per heavy atom. The fourth-order valence-corrected chi connectivity index (χ4v) is 2.42. The maximum Gasteiger partial charge on any atom is 0.297 e. The summed E-state index contributed by atoms with van der Waals surface area (Å²) in [6.45, 7) is 2.48. The quantitative estimate of drug-likeness (QED) is 0.605. The van der Waals surface area contributed by atoms with Crippen LogP contribution in [0.4, 0.5) is 5.69 Å². The second-order valence-corrected chi connectivity index (χ2v) is 4.84. The molecule has 0 saturated heterocycles.